The number of barbiturate groups is 1. The van der Waals surface area contributed by atoms with Gasteiger partial charge in [0, 0.05) is 0 Å². The Morgan fingerprint density at radius 1 is 0.705 bits per heavy atom. The first-order chi connectivity index (χ1) is 21.3. The van der Waals surface area contributed by atoms with Crippen LogP contribution in [0.5, 0.6) is 23.0 Å². The van der Waals surface area contributed by atoms with Crippen LogP contribution in [0.1, 0.15) is 16.7 Å². The molecule has 4 aromatic rings. The number of imide groups is 2. The fourth-order valence-electron chi connectivity index (χ4n) is 4.39. The Morgan fingerprint density at radius 3 is 2.05 bits per heavy atom. The second-order valence-electron chi connectivity index (χ2n) is 9.51. The van der Waals surface area contributed by atoms with Crippen molar-refractivity contribution >= 4 is 52.8 Å². The smallest absolute Gasteiger partial charge is 0.335 e. The number of benzene rings is 4. The fraction of sp³-hybridized carbons (Fsp3) is 0.121. The number of nitrogens with zero attached hydrogens (tertiary/aromatic N) is 1. The van der Waals surface area contributed by atoms with Crippen LogP contribution in [0.4, 0.5) is 10.5 Å². The van der Waals surface area contributed by atoms with Gasteiger partial charge in [0.05, 0.1) is 30.0 Å². The predicted octanol–water partition coefficient (Wildman–Crippen LogP) is 6.84. The van der Waals surface area contributed by atoms with Gasteiger partial charge in [-0.05, 0) is 65.2 Å². The zero-order chi connectivity index (χ0) is 31.2. The molecule has 1 heterocycles. The summed E-state index contributed by atoms with van der Waals surface area (Å²) in [6, 6.07) is 23.7. The normalized spacial score (nSPS) is 14.0. The number of ether oxygens (including phenoxy) is 4. The number of halogens is 2. The summed E-state index contributed by atoms with van der Waals surface area (Å²) in [7, 11) is 3.05. The molecule has 5 rings (SSSR count). The summed E-state index contributed by atoms with van der Waals surface area (Å²) in [5, 5.41) is 2.58. The molecule has 1 aliphatic heterocycles. The number of hydrogen-bond donors (Lipinski definition) is 1. The van der Waals surface area contributed by atoms with E-state index < -0.39 is 17.8 Å². The van der Waals surface area contributed by atoms with Gasteiger partial charge in [-0.1, -0.05) is 65.7 Å². The molecule has 0 atom stereocenters. The molecule has 11 heteroatoms. The number of rotatable bonds is 10. The minimum atomic E-state index is -0.899. The average molecular weight is 633 g/mol. The van der Waals surface area contributed by atoms with Crippen LogP contribution in [-0.4, -0.2) is 32.1 Å². The maximum Gasteiger partial charge on any atom is 0.335 e. The molecule has 0 spiro atoms. The summed E-state index contributed by atoms with van der Waals surface area (Å²) in [5.41, 5.74) is 2.25. The van der Waals surface area contributed by atoms with Crippen molar-refractivity contribution in [3.63, 3.8) is 0 Å². The minimum Gasteiger partial charge on any atom is -0.493 e. The molecule has 224 valence electrons. The van der Waals surface area contributed by atoms with Crippen LogP contribution in [0.15, 0.2) is 90.5 Å². The Morgan fingerprint density at radius 2 is 1.36 bits per heavy atom. The summed E-state index contributed by atoms with van der Waals surface area (Å²) in [6.07, 6.45) is 1.36. The zero-order valence-corrected chi connectivity index (χ0v) is 25.1. The molecule has 44 heavy (non-hydrogen) atoms. The van der Waals surface area contributed by atoms with Crippen LogP contribution in [0.3, 0.4) is 0 Å². The highest BCUT2D eigenvalue weighted by Crippen LogP contribution is 2.33. The van der Waals surface area contributed by atoms with Crippen molar-refractivity contribution < 1.29 is 33.3 Å². The van der Waals surface area contributed by atoms with E-state index in [4.69, 9.17) is 42.1 Å². The van der Waals surface area contributed by atoms with Gasteiger partial charge in [-0.25, -0.2) is 9.69 Å². The van der Waals surface area contributed by atoms with Crippen molar-refractivity contribution in [3.05, 3.63) is 117 Å². The van der Waals surface area contributed by atoms with Crippen molar-refractivity contribution in [3.8, 4) is 23.0 Å². The summed E-state index contributed by atoms with van der Waals surface area (Å²) >= 11 is 12.0. The first-order valence-electron chi connectivity index (χ1n) is 13.3. The van der Waals surface area contributed by atoms with Crippen LogP contribution >= 0.6 is 23.2 Å². The molecule has 0 aliphatic carbocycles. The maximum absolute atomic E-state index is 13.2. The number of carbonyl (C=O) groups is 3. The highest BCUT2D eigenvalue weighted by atomic mass is 35.5. The topological polar surface area (TPSA) is 103 Å². The molecule has 1 N–H and O–H groups in total. The zero-order valence-electron chi connectivity index (χ0n) is 23.6. The molecule has 0 radical (unpaired) electrons. The van der Waals surface area contributed by atoms with Crippen molar-refractivity contribution in [1.29, 1.82) is 0 Å². The van der Waals surface area contributed by atoms with Crippen molar-refractivity contribution in [2.24, 2.45) is 0 Å². The average Bonchev–Trinajstić information content (AvgIpc) is 3.03. The molecule has 1 fully saturated rings. The SMILES string of the molecule is COc1cc(/C=C2/C(=O)NC(=O)N(c3ccc(Cl)c(Cl)c3)C2=O)ccc1OCc1ccc(OCc2ccccc2)c(OC)c1. The highest BCUT2D eigenvalue weighted by molar-refractivity contribution is 6.43. The lowest BCUT2D eigenvalue weighted by molar-refractivity contribution is -0.122. The van der Waals surface area contributed by atoms with E-state index in [0.717, 1.165) is 16.0 Å². The van der Waals surface area contributed by atoms with Gasteiger partial charge >= 0.3 is 6.03 Å². The molecule has 9 nitrogen and oxygen atoms in total. The van der Waals surface area contributed by atoms with Gasteiger partial charge in [0.25, 0.3) is 11.8 Å². The van der Waals surface area contributed by atoms with Gasteiger partial charge in [-0.15, -0.1) is 0 Å². The van der Waals surface area contributed by atoms with Gasteiger partial charge in [-0.3, -0.25) is 14.9 Å². The quantitative estimate of drug-likeness (QED) is 0.151. The lowest BCUT2D eigenvalue weighted by Crippen LogP contribution is -2.54. The highest BCUT2D eigenvalue weighted by Gasteiger charge is 2.37. The molecular weight excluding hydrogens is 607 g/mol. The lowest BCUT2D eigenvalue weighted by Gasteiger charge is -2.26. The van der Waals surface area contributed by atoms with Gasteiger partial charge in [0.1, 0.15) is 18.8 Å². The molecule has 4 aromatic carbocycles. The Bertz CT molecular complexity index is 1760. The van der Waals surface area contributed by atoms with Crippen LogP contribution in [-0.2, 0) is 22.8 Å². The van der Waals surface area contributed by atoms with Gasteiger partial charge in [-0.2, -0.15) is 0 Å². The van der Waals surface area contributed by atoms with Crippen molar-refractivity contribution in [2.45, 2.75) is 13.2 Å². The van der Waals surface area contributed by atoms with Crippen LogP contribution < -0.4 is 29.2 Å². The summed E-state index contributed by atoms with van der Waals surface area (Å²) in [6.45, 7) is 0.609. The standard InChI is InChI=1S/C33H26Cl2N2O7/c1-41-29-15-21(14-24-31(38)36-33(40)37(32(24)39)23-10-11-25(34)26(35)17-23)8-12-27(29)44-19-22-9-13-28(30(16-22)42-2)43-18-20-6-4-3-5-7-20/h3-17H,18-19H2,1-2H3,(H,36,38,40)/b24-14-. The predicted molar refractivity (Wildman–Crippen MR) is 167 cm³/mol. The Labute approximate surface area is 263 Å². The molecule has 0 unspecified atom stereocenters. The number of methoxy groups -OCH3 is 2. The Hall–Kier alpha value is -4.99. The third-order valence-electron chi connectivity index (χ3n) is 6.62. The summed E-state index contributed by atoms with van der Waals surface area (Å²) in [5.74, 6) is 0.332. The van der Waals surface area contributed by atoms with E-state index in [1.807, 2.05) is 48.5 Å². The number of carbonyl (C=O) groups excluding carboxylic acids is 3. The van der Waals surface area contributed by atoms with Crippen LogP contribution in [0.2, 0.25) is 10.0 Å². The third-order valence-corrected chi connectivity index (χ3v) is 7.36. The van der Waals surface area contributed by atoms with E-state index in [-0.39, 0.29) is 27.9 Å². The molecule has 1 saturated heterocycles. The first-order valence-corrected chi connectivity index (χ1v) is 14.0. The number of anilines is 1. The van der Waals surface area contributed by atoms with Gasteiger partial charge < -0.3 is 18.9 Å². The van der Waals surface area contributed by atoms with E-state index in [9.17, 15) is 14.4 Å². The van der Waals surface area contributed by atoms with Gasteiger partial charge in [0.15, 0.2) is 23.0 Å². The molecule has 0 saturated carbocycles. The number of amides is 4. The summed E-state index contributed by atoms with van der Waals surface area (Å²) < 4.78 is 23.0. The van der Waals surface area contributed by atoms with Gasteiger partial charge in [0.2, 0.25) is 0 Å². The van der Waals surface area contributed by atoms with E-state index in [1.54, 1.807) is 25.3 Å². The largest absolute Gasteiger partial charge is 0.493 e. The van der Waals surface area contributed by atoms with E-state index >= 15 is 0 Å². The van der Waals surface area contributed by atoms with E-state index in [2.05, 4.69) is 5.32 Å². The molecule has 4 amide bonds. The molecular formula is C33H26Cl2N2O7. The fourth-order valence-corrected chi connectivity index (χ4v) is 4.69. The maximum atomic E-state index is 13.2. The Balaban J connectivity index is 1.30. The second kappa shape index (κ2) is 13.5. The minimum absolute atomic E-state index is 0.151. The third kappa shape index (κ3) is 6.80. The lowest BCUT2D eigenvalue weighted by atomic mass is 10.1. The summed E-state index contributed by atoms with van der Waals surface area (Å²) in [4.78, 5) is 39.2. The number of nitrogens with one attached hydrogen (secondary N) is 1. The van der Waals surface area contributed by atoms with Crippen LogP contribution in [0.25, 0.3) is 6.08 Å². The number of hydrogen-bond acceptors (Lipinski definition) is 7. The van der Waals surface area contributed by atoms with E-state index in [0.29, 0.717) is 35.2 Å². The molecule has 1 aliphatic rings. The second-order valence-corrected chi connectivity index (χ2v) is 10.3. The molecule has 0 bridgehead atoms. The van der Waals surface area contributed by atoms with E-state index in [1.165, 1.54) is 31.4 Å². The van der Waals surface area contributed by atoms with Crippen molar-refractivity contribution in [2.75, 3.05) is 19.1 Å². The first kappa shape index (κ1) is 30.5. The monoisotopic (exact) mass is 632 g/mol. The van der Waals surface area contributed by atoms with Crippen LogP contribution in [0, 0.1) is 0 Å². The van der Waals surface area contributed by atoms with Crippen molar-refractivity contribution in [1.82, 2.24) is 5.32 Å². The molecule has 0 aromatic heterocycles. The number of urea groups is 1. The Kier molecular flexibility index (Phi) is 9.38.